The molecular weight excluding hydrogens is 238 g/mol. The molecule has 0 unspecified atom stereocenters. The number of nitrogens with one attached hydrogen (secondary N) is 1. The van der Waals surface area contributed by atoms with Gasteiger partial charge in [0, 0.05) is 24.0 Å². The van der Waals surface area contributed by atoms with Crippen molar-refractivity contribution in [2.75, 3.05) is 13.2 Å². The third-order valence-electron chi connectivity index (χ3n) is 3.80. The molecule has 0 radical (unpaired) electrons. The Labute approximate surface area is 116 Å². The van der Waals surface area contributed by atoms with E-state index in [0.29, 0.717) is 11.9 Å². The van der Waals surface area contributed by atoms with Crippen molar-refractivity contribution in [3.63, 3.8) is 0 Å². The number of hydrogen-bond acceptors (Lipinski definition) is 4. The zero-order chi connectivity index (χ0) is 13.5. The fraction of sp³-hybridized carbons (Fsp3) is 0.733. The molecule has 1 fully saturated rings. The molecule has 0 saturated heterocycles. The van der Waals surface area contributed by atoms with Crippen molar-refractivity contribution in [3.05, 3.63) is 17.5 Å². The molecule has 4 nitrogen and oxygen atoms in total. The number of aromatic nitrogens is 2. The maximum Gasteiger partial charge on any atom is 0.316 e. The molecule has 1 aromatic rings. The van der Waals surface area contributed by atoms with Gasteiger partial charge in [-0.15, -0.1) is 0 Å². The minimum Gasteiger partial charge on any atom is -0.463 e. The van der Waals surface area contributed by atoms with Crippen LogP contribution in [-0.4, -0.2) is 23.1 Å². The lowest BCUT2D eigenvalue weighted by Gasteiger charge is -2.21. The van der Waals surface area contributed by atoms with Crippen molar-refractivity contribution in [2.24, 2.45) is 5.92 Å². The second kappa shape index (κ2) is 7.43. The Morgan fingerprint density at radius 2 is 2.11 bits per heavy atom. The highest BCUT2D eigenvalue weighted by atomic mass is 16.5. The topological polar surface area (TPSA) is 47.0 Å². The fourth-order valence-corrected chi connectivity index (χ4v) is 2.52. The van der Waals surface area contributed by atoms with Gasteiger partial charge in [0.05, 0.1) is 6.61 Å². The Morgan fingerprint density at radius 3 is 2.79 bits per heavy atom. The van der Waals surface area contributed by atoms with Crippen LogP contribution >= 0.6 is 0 Å². The predicted octanol–water partition coefficient (Wildman–Crippen LogP) is 2.85. The first-order chi connectivity index (χ1) is 9.29. The largest absolute Gasteiger partial charge is 0.463 e. The van der Waals surface area contributed by atoms with E-state index >= 15 is 0 Å². The van der Waals surface area contributed by atoms with E-state index in [0.717, 1.165) is 31.0 Å². The minimum atomic E-state index is 0.531. The quantitative estimate of drug-likeness (QED) is 0.857. The molecule has 1 aromatic heterocycles. The molecule has 1 heterocycles. The van der Waals surface area contributed by atoms with E-state index in [1.165, 1.54) is 32.1 Å². The number of rotatable bonds is 6. The maximum atomic E-state index is 5.74. The molecule has 1 saturated carbocycles. The van der Waals surface area contributed by atoms with Gasteiger partial charge >= 0.3 is 6.01 Å². The molecule has 0 amide bonds. The van der Waals surface area contributed by atoms with Crippen LogP contribution in [0.15, 0.2) is 6.20 Å². The van der Waals surface area contributed by atoms with Gasteiger partial charge in [0.1, 0.15) is 0 Å². The van der Waals surface area contributed by atoms with E-state index in [4.69, 9.17) is 4.74 Å². The molecule has 1 N–H and O–H groups in total. The fourth-order valence-electron chi connectivity index (χ4n) is 2.52. The highest BCUT2D eigenvalue weighted by molar-refractivity contribution is 5.17. The molecule has 4 heteroatoms. The Hall–Kier alpha value is -1.16. The van der Waals surface area contributed by atoms with Crippen molar-refractivity contribution >= 4 is 0 Å². The van der Waals surface area contributed by atoms with Crippen molar-refractivity contribution in [3.8, 4) is 6.01 Å². The smallest absolute Gasteiger partial charge is 0.316 e. The van der Waals surface area contributed by atoms with Crippen LogP contribution in [0, 0.1) is 12.8 Å². The zero-order valence-corrected chi connectivity index (χ0v) is 12.1. The highest BCUT2D eigenvalue weighted by Crippen LogP contribution is 2.24. The van der Waals surface area contributed by atoms with Crippen LogP contribution in [0.3, 0.4) is 0 Å². The van der Waals surface area contributed by atoms with Crippen molar-refractivity contribution in [1.82, 2.24) is 15.3 Å². The summed E-state index contributed by atoms with van der Waals surface area (Å²) in [7, 11) is 0. The van der Waals surface area contributed by atoms with Crippen LogP contribution in [-0.2, 0) is 6.54 Å². The van der Waals surface area contributed by atoms with Gasteiger partial charge in [0.25, 0.3) is 0 Å². The summed E-state index contributed by atoms with van der Waals surface area (Å²) >= 11 is 0. The number of hydrogen-bond donors (Lipinski definition) is 1. The first-order valence-corrected chi connectivity index (χ1v) is 7.45. The van der Waals surface area contributed by atoms with E-state index in [1.807, 2.05) is 13.1 Å². The van der Waals surface area contributed by atoms with Gasteiger partial charge in [0.2, 0.25) is 0 Å². The van der Waals surface area contributed by atoms with Gasteiger partial charge in [0.15, 0.2) is 0 Å². The third-order valence-corrected chi connectivity index (χ3v) is 3.80. The van der Waals surface area contributed by atoms with E-state index in [2.05, 4.69) is 22.2 Å². The molecule has 0 bridgehead atoms. The van der Waals surface area contributed by atoms with Crippen LogP contribution in [0.1, 0.15) is 50.3 Å². The zero-order valence-electron chi connectivity index (χ0n) is 12.1. The Bertz CT molecular complexity index is 389. The molecule has 0 atom stereocenters. The lowest BCUT2D eigenvalue weighted by molar-refractivity contribution is 0.196. The SMILES string of the molecule is CCNCc1cnc(OCC2CCCCC2)nc1C. The normalized spacial score (nSPS) is 16.5. The van der Waals surface area contributed by atoms with Gasteiger partial charge in [-0.25, -0.2) is 9.97 Å². The second-order valence-corrected chi connectivity index (χ2v) is 5.36. The van der Waals surface area contributed by atoms with Crippen LogP contribution < -0.4 is 10.1 Å². The number of aryl methyl sites for hydroxylation is 1. The van der Waals surface area contributed by atoms with Crippen LogP contribution in [0.5, 0.6) is 6.01 Å². The molecule has 0 aromatic carbocycles. The average molecular weight is 263 g/mol. The van der Waals surface area contributed by atoms with E-state index in [-0.39, 0.29) is 0 Å². The summed E-state index contributed by atoms with van der Waals surface area (Å²) in [5, 5.41) is 3.29. The molecular formula is C15H25N3O. The maximum absolute atomic E-state index is 5.74. The van der Waals surface area contributed by atoms with Gasteiger partial charge in [-0.1, -0.05) is 26.2 Å². The first-order valence-electron chi connectivity index (χ1n) is 7.45. The summed E-state index contributed by atoms with van der Waals surface area (Å²) in [6, 6.07) is 0.531. The van der Waals surface area contributed by atoms with E-state index in [1.54, 1.807) is 0 Å². The van der Waals surface area contributed by atoms with Gasteiger partial charge in [-0.2, -0.15) is 0 Å². The predicted molar refractivity (Wildman–Crippen MR) is 76.2 cm³/mol. The van der Waals surface area contributed by atoms with Gasteiger partial charge in [-0.05, 0) is 32.2 Å². The minimum absolute atomic E-state index is 0.531. The summed E-state index contributed by atoms with van der Waals surface area (Å²) in [5.74, 6) is 0.694. The number of nitrogens with zero attached hydrogens (tertiary/aromatic N) is 2. The molecule has 106 valence electrons. The second-order valence-electron chi connectivity index (χ2n) is 5.36. The van der Waals surface area contributed by atoms with Crippen LogP contribution in [0.4, 0.5) is 0 Å². The lowest BCUT2D eigenvalue weighted by Crippen LogP contribution is -2.17. The Morgan fingerprint density at radius 1 is 1.32 bits per heavy atom. The van der Waals surface area contributed by atoms with Gasteiger partial charge in [-0.3, -0.25) is 0 Å². The Balaban J connectivity index is 1.84. The average Bonchev–Trinajstić information content (AvgIpc) is 2.45. The summed E-state index contributed by atoms with van der Waals surface area (Å²) in [5.41, 5.74) is 2.15. The first kappa shape index (κ1) is 14.3. The van der Waals surface area contributed by atoms with Crippen LogP contribution in [0.25, 0.3) is 0 Å². The van der Waals surface area contributed by atoms with Crippen molar-refractivity contribution < 1.29 is 4.74 Å². The summed E-state index contributed by atoms with van der Waals surface area (Å²) in [4.78, 5) is 8.74. The lowest BCUT2D eigenvalue weighted by atomic mass is 9.90. The van der Waals surface area contributed by atoms with Gasteiger partial charge < -0.3 is 10.1 Å². The third kappa shape index (κ3) is 4.46. The monoisotopic (exact) mass is 263 g/mol. The highest BCUT2D eigenvalue weighted by Gasteiger charge is 2.14. The summed E-state index contributed by atoms with van der Waals surface area (Å²) in [6.45, 7) is 6.66. The van der Waals surface area contributed by atoms with E-state index in [9.17, 15) is 0 Å². The molecule has 2 rings (SSSR count). The molecule has 0 aliphatic heterocycles. The van der Waals surface area contributed by atoms with Crippen LogP contribution in [0.2, 0.25) is 0 Å². The standard InChI is InChI=1S/C15H25N3O/c1-3-16-9-14-10-17-15(18-12(14)2)19-11-13-7-5-4-6-8-13/h10,13,16H,3-9,11H2,1-2H3. The number of ether oxygens (including phenoxy) is 1. The van der Waals surface area contributed by atoms with Crippen molar-refractivity contribution in [2.45, 2.75) is 52.5 Å². The molecule has 1 aliphatic carbocycles. The molecule has 0 spiro atoms. The van der Waals surface area contributed by atoms with E-state index < -0.39 is 0 Å². The summed E-state index contributed by atoms with van der Waals surface area (Å²) < 4.78 is 5.74. The molecule has 1 aliphatic rings. The Kier molecular flexibility index (Phi) is 5.58. The summed E-state index contributed by atoms with van der Waals surface area (Å²) in [6.07, 6.45) is 8.52. The molecule has 19 heavy (non-hydrogen) atoms. The van der Waals surface area contributed by atoms with Crippen molar-refractivity contribution in [1.29, 1.82) is 0 Å².